The van der Waals surface area contributed by atoms with Crippen LogP contribution in [0.1, 0.15) is 31.9 Å². The number of likely N-dealkylation sites (tertiary alicyclic amines) is 1. The minimum absolute atomic E-state index is 0.301. The minimum atomic E-state index is 0.301. The normalized spacial score (nSPS) is 21.6. The SMILES string of the molecule is CC1(C)CCN(C(CN)c2cccc(Cl)c2)C1. The second kappa shape index (κ2) is 4.97. The van der Waals surface area contributed by atoms with Crippen molar-refractivity contribution in [2.24, 2.45) is 11.1 Å². The van der Waals surface area contributed by atoms with Gasteiger partial charge in [-0.2, -0.15) is 0 Å². The van der Waals surface area contributed by atoms with Crippen molar-refractivity contribution in [3.05, 3.63) is 34.9 Å². The zero-order chi connectivity index (χ0) is 12.5. The van der Waals surface area contributed by atoms with Crippen LogP contribution in [0.15, 0.2) is 24.3 Å². The monoisotopic (exact) mass is 252 g/mol. The highest BCUT2D eigenvalue weighted by Gasteiger charge is 2.33. The molecule has 1 aromatic rings. The molecular weight excluding hydrogens is 232 g/mol. The van der Waals surface area contributed by atoms with E-state index in [1.165, 1.54) is 12.0 Å². The number of nitrogens with two attached hydrogens (primary N) is 1. The van der Waals surface area contributed by atoms with Gasteiger partial charge in [-0.15, -0.1) is 0 Å². The summed E-state index contributed by atoms with van der Waals surface area (Å²) in [5, 5.41) is 0.791. The Hall–Kier alpha value is -0.570. The van der Waals surface area contributed by atoms with E-state index >= 15 is 0 Å². The molecule has 2 rings (SSSR count). The quantitative estimate of drug-likeness (QED) is 0.896. The predicted octanol–water partition coefficient (Wildman–Crippen LogP) is 3.07. The standard InChI is InChI=1S/C14H21ClN2/c1-14(2)6-7-17(10-14)13(9-16)11-4-3-5-12(15)8-11/h3-5,8,13H,6-7,9-10,16H2,1-2H3. The van der Waals surface area contributed by atoms with Gasteiger partial charge in [0, 0.05) is 24.2 Å². The van der Waals surface area contributed by atoms with E-state index in [0.717, 1.165) is 18.1 Å². The Labute approximate surface area is 109 Å². The fourth-order valence-electron chi connectivity index (χ4n) is 2.63. The molecular formula is C14H21ClN2. The van der Waals surface area contributed by atoms with E-state index in [1.54, 1.807) is 0 Å². The highest BCUT2D eigenvalue weighted by atomic mass is 35.5. The van der Waals surface area contributed by atoms with Gasteiger partial charge in [0.15, 0.2) is 0 Å². The van der Waals surface area contributed by atoms with Gasteiger partial charge in [0.2, 0.25) is 0 Å². The summed E-state index contributed by atoms with van der Waals surface area (Å²) in [7, 11) is 0. The van der Waals surface area contributed by atoms with Gasteiger partial charge in [-0.05, 0) is 36.1 Å². The molecule has 17 heavy (non-hydrogen) atoms. The van der Waals surface area contributed by atoms with Gasteiger partial charge in [-0.1, -0.05) is 37.6 Å². The molecule has 1 aliphatic rings. The molecule has 0 saturated carbocycles. The Morgan fingerprint density at radius 1 is 1.47 bits per heavy atom. The molecule has 0 bridgehead atoms. The van der Waals surface area contributed by atoms with Crippen molar-refractivity contribution in [3.63, 3.8) is 0 Å². The van der Waals surface area contributed by atoms with Gasteiger partial charge in [-0.3, -0.25) is 4.90 Å². The maximum atomic E-state index is 6.05. The lowest BCUT2D eigenvalue weighted by Crippen LogP contribution is -2.33. The first-order valence-corrected chi connectivity index (χ1v) is 6.59. The zero-order valence-electron chi connectivity index (χ0n) is 10.6. The molecule has 1 heterocycles. The molecule has 0 aliphatic carbocycles. The summed E-state index contributed by atoms with van der Waals surface area (Å²) in [5.41, 5.74) is 7.58. The molecule has 1 fully saturated rings. The van der Waals surface area contributed by atoms with E-state index in [2.05, 4.69) is 24.8 Å². The molecule has 1 aromatic carbocycles. The molecule has 1 saturated heterocycles. The van der Waals surface area contributed by atoms with Crippen molar-refractivity contribution < 1.29 is 0 Å². The fourth-order valence-corrected chi connectivity index (χ4v) is 2.83. The second-order valence-electron chi connectivity index (χ2n) is 5.69. The fraction of sp³-hybridized carbons (Fsp3) is 0.571. The summed E-state index contributed by atoms with van der Waals surface area (Å²) < 4.78 is 0. The highest BCUT2D eigenvalue weighted by Crippen LogP contribution is 2.34. The molecule has 2 N–H and O–H groups in total. The molecule has 0 radical (unpaired) electrons. The minimum Gasteiger partial charge on any atom is -0.329 e. The number of nitrogens with zero attached hydrogens (tertiary/aromatic N) is 1. The third-order valence-electron chi connectivity index (χ3n) is 3.60. The van der Waals surface area contributed by atoms with Crippen molar-refractivity contribution in [1.29, 1.82) is 0 Å². The lowest BCUT2D eigenvalue weighted by atomic mass is 9.93. The van der Waals surface area contributed by atoms with Crippen LogP contribution in [-0.2, 0) is 0 Å². The summed E-state index contributed by atoms with van der Waals surface area (Å²) in [4.78, 5) is 2.48. The largest absolute Gasteiger partial charge is 0.329 e. The van der Waals surface area contributed by atoms with Gasteiger partial charge in [0.25, 0.3) is 0 Å². The Kier molecular flexibility index (Phi) is 3.76. The van der Waals surface area contributed by atoms with E-state index in [0.29, 0.717) is 18.0 Å². The van der Waals surface area contributed by atoms with Crippen LogP contribution in [0.5, 0.6) is 0 Å². The van der Waals surface area contributed by atoms with E-state index in [1.807, 2.05) is 18.2 Å². The van der Waals surface area contributed by atoms with Gasteiger partial charge in [0.1, 0.15) is 0 Å². The van der Waals surface area contributed by atoms with Crippen molar-refractivity contribution in [2.45, 2.75) is 26.3 Å². The Balaban J connectivity index is 2.17. The predicted molar refractivity (Wildman–Crippen MR) is 73.2 cm³/mol. The van der Waals surface area contributed by atoms with Crippen LogP contribution in [0.25, 0.3) is 0 Å². The first kappa shape index (κ1) is 12.9. The van der Waals surface area contributed by atoms with Crippen molar-refractivity contribution in [3.8, 4) is 0 Å². The second-order valence-corrected chi connectivity index (χ2v) is 6.13. The van der Waals surface area contributed by atoms with Crippen LogP contribution in [0.4, 0.5) is 0 Å². The van der Waals surface area contributed by atoms with Crippen LogP contribution < -0.4 is 5.73 Å². The molecule has 94 valence electrons. The Bertz CT molecular complexity index is 390. The molecule has 3 heteroatoms. The lowest BCUT2D eigenvalue weighted by molar-refractivity contribution is 0.223. The molecule has 1 unspecified atom stereocenters. The first-order valence-electron chi connectivity index (χ1n) is 6.21. The maximum absolute atomic E-state index is 6.05. The molecule has 1 atom stereocenters. The summed E-state index contributed by atoms with van der Waals surface area (Å²) in [6, 6.07) is 8.36. The third kappa shape index (κ3) is 3.01. The van der Waals surface area contributed by atoms with Gasteiger partial charge >= 0.3 is 0 Å². The van der Waals surface area contributed by atoms with Crippen molar-refractivity contribution in [1.82, 2.24) is 4.90 Å². The van der Waals surface area contributed by atoms with E-state index < -0.39 is 0 Å². The van der Waals surface area contributed by atoms with E-state index in [9.17, 15) is 0 Å². The number of hydrogen-bond donors (Lipinski definition) is 1. The van der Waals surface area contributed by atoms with Gasteiger partial charge in [-0.25, -0.2) is 0 Å². The summed E-state index contributed by atoms with van der Waals surface area (Å²) in [5.74, 6) is 0. The van der Waals surface area contributed by atoms with Gasteiger partial charge in [0.05, 0.1) is 0 Å². The summed E-state index contributed by atoms with van der Waals surface area (Å²) in [6.45, 7) is 7.52. The number of benzene rings is 1. The molecule has 0 aromatic heterocycles. The van der Waals surface area contributed by atoms with Crippen LogP contribution in [0.3, 0.4) is 0 Å². The third-order valence-corrected chi connectivity index (χ3v) is 3.84. The summed E-state index contributed by atoms with van der Waals surface area (Å²) in [6.07, 6.45) is 1.24. The number of halogens is 1. The van der Waals surface area contributed by atoms with Crippen molar-refractivity contribution in [2.75, 3.05) is 19.6 Å². The smallest absolute Gasteiger partial charge is 0.0471 e. The van der Waals surface area contributed by atoms with Crippen LogP contribution in [0, 0.1) is 5.41 Å². The topological polar surface area (TPSA) is 29.3 Å². The number of hydrogen-bond acceptors (Lipinski definition) is 2. The zero-order valence-corrected chi connectivity index (χ0v) is 11.4. The van der Waals surface area contributed by atoms with Crippen LogP contribution in [0.2, 0.25) is 5.02 Å². The van der Waals surface area contributed by atoms with Crippen LogP contribution >= 0.6 is 11.6 Å². The first-order chi connectivity index (χ1) is 8.02. The Morgan fingerprint density at radius 3 is 2.76 bits per heavy atom. The highest BCUT2D eigenvalue weighted by molar-refractivity contribution is 6.30. The molecule has 0 amide bonds. The van der Waals surface area contributed by atoms with E-state index in [-0.39, 0.29) is 0 Å². The maximum Gasteiger partial charge on any atom is 0.0471 e. The number of rotatable bonds is 3. The Morgan fingerprint density at radius 2 is 2.24 bits per heavy atom. The summed E-state index contributed by atoms with van der Waals surface area (Å²) >= 11 is 6.05. The van der Waals surface area contributed by atoms with Crippen LogP contribution in [-0.4, -0.2) is 24.5 Å². The molecule has 2 nitrogen and oxygen atoms in total. The van der Waals surface area contributed by atoms with Gasteiger partial charge < -0.3 is 5.73 Å². The van der Waals surface area contributed by atoms with E-state index in [4.69, 9.17) is 17.3 Å². The average Bonchev–Trinajstić information content (AvgIpc) is 2.60. The lowest BCUT2D eigenvalue weighted by Gasteiger charge is -2.28. The van der Waals surface area contributed by atoms with Crippen molar-refractivity contribution >= 4 is 11.6 Å². The molecule has 0 spiro atoms. The molecule has 1 aliphatic heterocycles. The average molecular weight is 253 g/mol.